The van der Waals surface area contributed by atoms with Crippen LogP contribution < -0.4 is 5.73 Å². The molecular weight excluding hydrogens is 231 g/mol. The fourth-order valence-corrected chi connectivity index (χ4v) is 1.17. The molecule has 1 aromatic rings. The van der Waals surface area contributed by atoms with Crippen LogP contribution in [0, 0.1) is 15.9 Å². The molecule has 0 spiro atoms. The first-order chi connectivity index (χ1) is 5.54. The number of benzene rings is 1. The quantitative estimate of drug-likeness (QED) is 0.460. The van der Waals surface area contributed by atoms with Gasteiger partial charge < -0.3 is 5.73 Å². The van der Waals surface area contributed by atoms with E-state index in [0.29, 0.717) is 0 Å². The van der Waals surface area contributed by atoms with Crippen LogP contribution in [-0.2, 0) is 0 Å². The number of anilines is 1. The molecule has 0 fully saturated rings. The van der Waals surface area contributed by atoms with Gasteiger partial charge in [-0.25, -0.2) is 0 Å². The van der Waals surface area contributed by atoms with E-state index in [1.807, 2.05) is 0 Å². The zero-order chi connectivity index (χ0) is 9.30. The van der Waals surface area contributed by atoms with Gasteiger partial charge in [-0.2, -0.15) is 4.39 Å². The number of nitro benzene ring substituents is 1. The Hall–Kier alpha value is -1.17. The van der Waals surface area contributed by atoms with E-state index < -0.39 is 16.4 Å². The van der Waals surface area contributed by atoms with Crippen molar-refractivity contribution < 1.29 is 9.31 Å². The zero-order valence-electron chi connectivity index (χ0n) is 5.75. The summed E-state index contributed by atoms with van der Waals surface area (Å²) in [5.41, 5.74) is 4.27. The molecule has 0 amide bonds. The van der Waals surface area contributed by atoms with Crippen molar-refractivity contribution in [2.75, 3.05) is 5.73 Å². The van der Waals surface area contributed by atoms with Gasteiger partial charge in [-0.1, -0.05) is 0 Å². The maximum absolute atomic E-state index is 12.9. The minimum Gasteiger partial charge on any atom is -0.396 e. The van der Waals surface area contributed by atoms with Crippen molar-refractivity contribution in [1.82, 2.24) is 0 Å². The second-order valence-corrected chi connectivity index (χ2v) is 2.91. The van der Waals surface area contributed by atoms with Crippen LogP contribution in [0.5, 0.6) is 0 Å². The molecule has 0 aromatic heterocycles. The molecule has 0 radical (unpaired) electrons. The molecule has 2 N–H and O–H groups in total. The Bertz CT molecular complexity index is 343. The van der Waals surface area contributed by atoms with Crippen LogP contribution in [-0.4, -0.2) is 4.92 Å². The largest absolute Gasteiger partial charge is 0.396 e. The van der Waals surface area contributed by atoms with Gasteiger partial charge in [0.05, 0.1) is 15.1 Å². The Morgan fingerprint density at radius 2 is 2.17 bits per heavy atom. The van der Waals surface area contributed by atoms with Gasteiger partial charge in [0.2, 0.25) is 5.82 Å². The van der Waals surface area contributed by atoms with Crippen LogP contribution in [0.1, 0.15) is 0 Å². The second-order valence-electron chi connectivity index (χ2n) is 2.06. The number of rotatable bonds is 1. The Labute approximate surface area is 75.5 Å². The Balaban J connectivity index is 3.43. The summed E-state index contributed by atoms with van der Waals surface area (Å²) in [5.74, 6) is -1.01. The van der Waals surface area contributed by atoms with Crippen LogP contribution >= 0.6 is 15.9 Å². The highest BCUT2D eigenvalue weighted by Gasteiger charge is 2.20. The molecule has 0 saturated heterocycles. The lowest BCUT2D eigenvalue weighted by atomic mass is 10.3. The number of hydrogen-bond acceptors (Lipinski definition) is 3. The molecule has 1 aromatic carbocycles. The first kappa shape index (κ1) is 8.92. The average Bonchev–Trinajstić information content (AvgIpc) is 1.97. The van der Waals surface area contributed by atoms with Crippen LogP contribution in [0.15, 0.2) is 16.6 Å². The second kappa shape index (κ2) is 3.06. The number of halogens is 2. The number of nitrogens with two attached hydrogens (primary N) is 1. The standard InChI is InChI=1S/C6H4BrFN2O2/c7-3-1-2-4(9)5(8)6(3)10(11)12/h1-2H,9H2. The summed E-state index contributed by atoms with van der Waals surface area (Å²) >= 11 is 2.84. The van der Waals surface area contributed by atoms with Gasteiger partial charge in [0.15, 0.2) is 0 Å². The lowest BCUT2D eigenvalue weighted by Gasteiger charge is -1.98. The topological polar surface area (TPSA) is 69.2 Å². The highest BCUT2D eigenvalue weighted by Crippen LogP contribution is 2.30. The van der Waals surface area contributed by atoms with Crippen molar-refractivity contribution in [3.05, 3.63) is 32.5 Å². The highest BCUT2D eigenvalue weighted by atomic mass is 79.9. The summed E-state index contributed by atoms with van der Waals surface area (Å²) in [6.45, 7) is 0. The van der Waals surface area contributed by atoms with Gasteiger partial charge in [0.25, 0.3) is 0 Å². The fraction of sp³-hybridized carbons (Fsp3) is 0. The van der Waals surface area contributed by atoms with E-state index in [0.717, 1.165) is 0 Å². The summed E-state index contributed by atoms with van der Waals surface area (Å²) in [6, 6.07) is 2.59. The van der Waals surface area contributed by atoms with Gasteiger partial charge in [-0.3, -0.25) is 10.1 Å². The van der Waals surface area contributed by atoms with E-state index >= 15 is 0 Å². The van der Waals surface area contributed by atoms with Crippen molar-refractivity contribution in [1.29, 1.82) is 0 Å². The Morgan fingerprint density at radius 1 is 1.58 bits per heavy atom. The fourth-order valence-electron chi connectivity index (χ4n) is 0.724. The van der Waals surface area contributed by atoms with Gasteiger partial charge >= 0.3 is 5.69 Å². The number of nitrogen functional groups attached to an aromatic ring is 1. The molecule has 0 aliphatic heterocycles. The third kappa shape index (κ3) is 1.38. The molecule has 12 heavy (non-hydrogen) atoms. The van der Waals surface area contributed by atoms with Gasteiger partial charge in [0, 0.05) is 0 Å². The van der Waals surface area contributed by atoms with E-state index in [1.165, 1.54) is 12.1 Å². The van der Waals surface area contributed by atoms with E-state index in [4.69, 9.17) is 5.73 Å². The Kier molecular flexibility index (Phi) is 2.27. The predicted octanol–water partition coefficient (Wildman–Crippen LogP) is 2.08. The SMILES string of the molecule is Nc1ccc(Br)c([N+](=O)[O-])c1F. The van der Waals surface area contributed by atoms with Crippen LogP contribution in [0.25, 0.3) is 0 Å². The summed E-state index contributed by atoms with van der Waals surface area (Å²) in [6.07, 6.45) is 0. The van der Waals surface area contributed by atoms with E-state index in [1.54, 1.807) is 0 Å². The first-order valence-electron chi connectivity index (χ1n) is 2.92. The number of nitrogens with zero attached hydrogens (tertiary/aromatic N) is 1. The van der Waals surface area contributed by atoms with E-state index in [9.17, 15) is 14.5 Å². The maximum atomic E-state index is 12.9. The lowest BCUT2D eigenvalue weighted by molar-refractivity contribution is -0.388. The summed E-state index contributed by atoms with van der Waals surface area (Å²) < 4.78 is 13.0. The molecule has 0 aliphatic carbocycles. The van der Waals surface area contributed by atoms with Gasteiger partial charge in [0.1, 0.15) is 0 Å². The number of nitro groups is 1. The number of hydrogen-bond donors (Lipinski definition) is 1. The van der Waals surface area contributed by atoms with Gasteiger partial charge in [-0.05, 0) is 28.1 Å². The Morgan fingerprint density at radius 3 is 2.58 bits per heavy atom. The van der Waals surface area contributed by atoms with Gasteiger partial charge in [-0.15, -0.1) is 0 Å². The molecule has 0 heterocycles. The minimum atomic E-state index is -1.01. The minimum absolute atomic E-state index is 0.0826. The summed E-state index contributed by atoms with van der Waals surface area (Å²) in [5, 5.41) is 10.3. The molecule has 0 saturated carbocycles. The smallest absolute Gasteiger partial charge is 0.320 e. The third-order valence-electron chi connectivity index (χ3n) is 1.28. The van der Waals surface area contributed by atoms with Crippen molar-refractivity contribution in [3.63, 3.8) is 0 Å². The van der Waals surface area contributed by atoms with E-state index in [-0.39, 0.29) is 10.2 Å². The van der Waals surface area contributed by atoms with E-state index in [2.05, 4.69) is 15.9 Å². The molecule has 4 nitrogen and oxygen atoms in total. The molecule has 0 bridgehead atoms. The monoisotopic (exact) mass is 234 g/mol. The average molecular weight is 235 g/mol. The van der Waals surface area contributed by atoms with Crippen molar-refractivity contribution in [2.45, 2.75) is 0 Å². The third-order valence-corrected chi connectivity index (χ3v) is 1.92. The van der Waals surface area contributed by atoms with Crippen molar-refractivity contribution in [3.8, 4) is 0 Å². The molecule has 0 aliphatic rings. The predicted molar refractivity (Wildman–Crippen MR) is 45.2 cm³/mol. The molecule has 64 valence electrons. The molecular formula is C6H4BrFN2O2. The van der Waals surface area contributed by atoms with Crippen LogP contribution in [0.4, 0.5) is 15.8 Å². The normalized spacial score (nSPS) is 9.83. The van der Waals surface area contributed by atoms with Crippen LogP contribution in [0.3, 0.4) is 0 Å². The summed E-state index contributed by atoms with van der Waals surface area (Å²) in [7, 11) is 0. The molecule has 6 heteroatoms. The van der Waals surface area contributed by atoms with Crippen LogP contribution in [0.2, 0.25) is 0 Å². The highest BCUT2D eigenvalue weighted by molar-refractivity contribution is 9.10. The maximum Gasteiger partial charge on any atom is 0.320 e. The molecule has 1 rings (SSSR count). The summed E-state index contributed by atoms with van der Waals surface area (Å²) in [4.78, 5) is 9.45. The molecule has 0 unspecified atom stereocenters. The van der Waals surface area contributed by atoms with Crippen molar-refractivity contribution >= 4 is 27.3 Å². The lowest BCUT2D eigenvalue weighted by Crippen LogP contribution is -1.98. The zero-order valence-corrected chi connectivity index (χ0v) is 7.34. The molecule has 0 atom stereocenters. The first-order valence-corrected chi connectivity index (χ1v) is 3.71. The van der Waals surface area contributed by atoms with Crippen molar-refractivity contribution in [2.24, 2.45) is 0 Å².